The van der Waals surface area contributed by atoms with Crippen molar-refractivity contribution in [3.63, 3.8) is 0 Å². The maximum Gasteiger partial charge on any atom is 0.164 e. The number of aromatic nitrogens is 3. The molecule has 0 aliphatic carbocycles. The quantitative estimate of drug-likeness (QED) is 0.175. The predicted molar refractivity (Wildman–Crippen MR) is 229 cm³/mol. The summed E-state index contributed by atoms with van der Waals surface area (Å²) in [6.45, 7) is 0. The van der Waals surface area contributed by atoms with Crippen LogP contribution in [0.25, 0.3) is 122 Å². The van der Waals surface area contributed by atoms with Gasteiger partial charge in [-0.1, -0.05) is 133 Å². The molecule has 0 unspecified atom stereocenters. The van der Waals surface area contributed by atoms with E-state index >= 15 is 0 Å². The zero-order valence-electron chi connectivity index (χ0n) is 30.3. The molecule has 12 rings (SSSR count). The summed E-state index contributed by atoms with van der Waals surface area (Å²) >= 11 is 0. The van der Waals surface area contributed by atoms with Gasteiger partial charge in [0.2, 0.25) is 0 Å². The highest BCUT2D eigenvalue weighted by atomic mass is 16.3. The largest absolute Gasteiger partial charge is 0.456 e. The summed E-state index contributed by atoms with van der Waals surface area (Å²) < 4.78 is 19.2. The maximum atomic E-state index is 6.66. The van der Waals surface area contributed by atoms with Crippen LogP contribution in [-0.2, 0) is 0 Å². The average Bonchev–Trinajstić information content (AvgIpc) is 3.97. The second-order valence-electron chi connectivity index (χ2n) is 14.3. The Labute approximate surface area is 325 Å². The molecule has 0 fully saturated rings. The smallest absolute Gasteiger partial charge is 0.164 e. The molecule has 0 radical (unpaired) electrons. The Kier molecular flexibility index (Phi) is 6.83. The first-order valence-electron chi connectivity index (χ1n) is 18.9. The van der Waals surface area contributed by atoms with Crippen LogP contribution in [-0.4, -0.2) is 15.0 Å². The van der Waals surface area contributed by atoms with E-state index in [0.717, 1.165) is 105 Å². The lowest BCUT2D eigenvalue weighted by atomic mass is 9.90. The molecule has 0 N–H and O–H groups in total. The van der Waals surface area contributed by atoms with Crippen LogP contribution in [0.1, 0.15) is 0 Å². The average molecular weight is 732 g/mol. The molecule has 0 atom stereocenters. The van der Waals surface area contributed by atoms with Gasteiger partial charge in [-0.25, -0.2) is 15.0 Å². The second kappa shape index (κ2) is 12.3. The van der Waals surface area contributed by atoms with Crippen LogP contribution in [0.4, 0.5) is 0 Å². The topological polar surface area (TPSA) is 78.1 Å². The van der Waals surface area contributed by atoms with E-state index in [1.165, 1.54) is 0 Å². The second-order valence-corrected chi connectivity index (χ2v) is 14.3. The van der Waals surface area contributed by atoms with Crippen molar-refractivity contribution in [3.05, 3.63) is 176 Å². The number of nitrogens with zero attached hydrogens (tertiary/aromatic N) is 3. The third-order valence-electron chi connectivity index (χ3n) is 11.0. The Bertz CT molecular complexity index is 3540. The van der Waals surface area contributed by atoms with Crippen molar-refractivity contribution >= 4 is 65.8 Å². The fourth-order valence-corrected chi connectivity index (χ4v) is 8.44. The fraction of sp³-hybridized carbons (Fsp3) is 0. The van der Waals surface area contributed by atoms with E-state index in [2.05, 4.69) is 84.9 Å². The first kappa shape index (κ1) is 31.5. The summed E-state index contributed by atoms with van der Waals surface area (Å²) in [4.78, 5) is 15.2. The number of hydrogen-bond acceptors (Lipinski definition) is 6. The summed E-state index contributed by atoms with van der Waals surface area (Å²) in [5.41, 5.74) is 12.0. The van der Waals surface area contributed by atoms with E-state index in [0.29, 0.717) is 17.5 Å². The summed E-state index contributed by atoms with van der Waals surface area (Å²) in [5.74, 6) is 1.71. The van der Waals surface area contributed by atoms with Crippen LogP contribution in [0.5, 0.6) is 0 Å². The molecule has 0 aliphatic heterocycles. The van der Waals surface area contributed by atoms with Gasteiger partial charge in [0.15, 0.2) is 17.5 Å². The molecule has 0 spiro atoms. The number of benzene rings is 8. The van der Waals surface area contributed by atoms with Crippen molar-refractivity contribution in [1.29, 1.82) is 0 Å². The fourth-order valence-electron chi connectivity index (χ4n) is 8.44. The summed E-state index contributed by atoms with van der Waals surface area (Å²) in [6.07, 6.45) is 0. The zero-order valence-corrected chi connectivity index (χ0v) is 30.3. The molecule has 0 amide bonds. The molecule has 0 saturated carbocycles. The Morgan fingerprint density at radius 1 is 0.263 bits per heavy atom. The third-order valence-corrected chi connectivity index (χ3v) is 11.0. The molecule has 266 valence electrons. The molecular formula is C51H29N3O3. The molecule has 6 nitrogen and oxygen atoms in total. The Balaban J connectivity index is 1.04. The van der Waals surface area contributed by atoms with Gasteiger partial charge >= 0.3 is 0 Å². The molecule has 6 heteroatoms. The van der Waals surface area contributed by atoms with Gasteiger partial charge in [-0.15, -0.1) is 0 Å². The highest BCUT2D eigenvalue weighted by molar-refractivity contribution is 6.17. The summed E-state index contributed by atoms with van der Waals surface area (Å²) in [5, 5.41) is 6.26. The van der Waals surface area contributed by atoms with Gasteiger partial charge in [0.25, 0.3) is 0 Å². The third kappa shape index (κ3) is 4.94. The summed E-state index contributed by atoms with van der Waals surface area (Å²) in [6, 6.07) is 59.8. The molecule has 57 heavy (non-hydrogen) atoms. The minimum absolute atomic E-state index is 0.553. The van der Waals surface area contributed by atoms with Gasteiger partial charge in [0.05, 0.1) is 0 Å². The predicted octanol–water partition coefficient (Wildman–Crippen LogP) is 13.9. The normalized spacial score (nSPS) is 11.9. The first-order chi connectivity index (χ1) is 28.2. The van der Waals surface area contributed by atoms with Crippen LogP contribution >= 0.6 is 0 Å². The van der Waals surface area contributed by atoms with Crippen LogP contribution in [0, 0.1) is 0 Å². The Morgan fingerprint density at radius 2 is 0.684 bits per heavy atom. The first-order valence-corrected chi connectivity index (χ1v) is 18.9. The van der Waals surface area contributed by atoms with Crippen molar-refractivity contribution in [2.45, 2.75) is 0 Å². The monoisotopic (exact) mass is 731 g/mol. The zero-order chi connectivity index (χ0) is 37.5. The summed E-state index contributed by atoms with van der Waals surface area (Å²) in [7, 11) is 0. The van der Waals surface area contributed by atoms with Crippen LogP contribution in [0.2, 0.25) is 0 Å². The minimum atomic E-state index is 0.553. The van der Waals surface area contributed by atoms with Gasteiger partial charge in [-0.05, 0) is 64.7 Å². The van der Waals surface area contributed by atoms with Crippen LogP contribution in [0.15, 0.2) is 189 Å². The highest BCUT2D eigenvalue weighted by Gasteiger charge is 2.21. The van der Waals surface area contributed by atoms with E-state index in [1.54, 1.807) is 0 Å². The lowest BCUT2D eigenvalue weighted by molar-refractivity contribution is 0.668. The molecule has 0 saturated heterocycles. The van der Waals surface area contributed by atoms with Crippen molar-refractivity contribution < 1.29 is 13.3 Å². The molecule has 12 aromatic rings. The maximum absolute atomic E-state index is 6.66. The number of rotatable bonds is 5. The van der Waals surface area contributed by atoms with E-state index in [9.17, 15) is 0 Å². The van der Waals surface area contributed by atoms with E-state index in [-0.39, 0.29) is 0 Å². The van der Waals surface area contributed by atoms with Gasteiger partial charge < -0.3 is 13.3 Å². The lowest BCUT2D eigenvalue weighted by Gasteiger charge is -2.12. The molecule has 8 aromatic carbocycles. The molecule has 0 bridgehead atoms. The van der Waals surface area contributed by atoms with Gasteiger partial charge in [0.1, 0.15) is 33.5 Å². The number of hydrogen-bond donors (Lipinski definition) is 0. The van der Waals surface area contributed by atoms with Crippen molar-refractivity contribution in [2.24, 2.45) is 0 Å². The highest BCUT2D eigenvalue weighted by Crippen LogP contribution is 2.44. The molecular weight excluding hydrogens is 703 g/mol. The minimum Gasteiger partial charge on any atom is -0.456 e. The number of para-hydroxylation sites is 2. The van der Waals surface area contributed by atoms with E-state index in [4.69, 9.17) is 28.2 Å². The van der Waals surface area contributed by atoms with Crippen molar-refractivity contribution in [2.75, 3.05) is 0 Å². The number of furan rings is 3. The molecule has 4 heterocycles. The molecule has 4 aromatic heterocycles. The standard InChI is InChI=1S/C51H29N3O3/c1-2-13-30(14-3-1)49-52-50(54-51(53-49)39-21-12-26-44-48(39)37-18-7-9-23-41(37)56-44)31-27-28-38-45(29-31)57-43-25-11-20-35(47(38)43)33-16-5-4-15-32(33)34-19-10-24-42-46(34)36-17-6-8-22-40(36)55-42/h1-29H. The van der Waals surface area contributed by atoms with Gasteiger partial charge in [-0.3, -0.25) is 0 Å². The Hall–Kier alpha value is -7.83. The van der Waals surface area contributed by atoms with Crippen LogP contribution < -0.4 is 0 Å². The number of fused-ring (bicyclic) bond motifs is 9. The SMILES string of the molecule is c1ccc(-c2nc(-c3ccc4c(c3)oc3cccc(-c5ccccc5-c5cccc6oc7ccccc7c56)c34)nc(-c3cccc4oc5ccccc5c34)n2)cc1. The van der Waals surface area contributed by atoms with Crippen molar-refractivity contribution in [3.8, 4) is 56.4 Å². The van der Waals surface area contributed by atoms with Gasteiger partial charge in [0, 0.05) is 49.0 Å². The van der Waals surface area contributed by atoms with Crippen LogP contribution in [0.3, 0.4) is 0 Å². The Morgan fingerprint density at radius 3 is 1.30 bits per heavy atom. The van der Waals surface area contributed by atoms with E-state index in [1.807, 2.05) is 91.0 Å². The van der Waals surface area contributed by atoms with Crippen molar-refractivity contribution in [1.82, 2.24) is 15.0 Å². The lowest BCUT2D eigenvalue weighted by Crippen LogP contribution is -2.00. The van der Waals surface area contributed by atoms with E-state index < -0.39 is 0 Å². The van der Waals surface area contributed by atoms with Gasteiger partial charge in [-0.2, -0.15) is 0 Å². The molecule has 0 aliphatic rings.